The van der Waals surface area contributed by atoms with Crippen LogP contribution in [0.3, 0.4) is 0 Å². The number of esters is 1. The second-order valence-corrected chi connectivity index (χ2v) is 8.81. The summed E-state index contributed by atoms with van der Waals surface area (Å²) in [5.41, 5.74) is 2.80. The third kappa shape index (κ3) is 10.6. The van der Waals surface area contributed by atoms with Crippen molar-refractivity contribution in [1.29, 1.82) is 0 Å². The Kier molecular flexibility index (Phi) is 12.7. The molecule has 0 bridgehead atoms. The highest BCUT2D eigenvalue weighted by atomic mass is 16.6. The van der Waals surface area contributed by atoms with Crippen molar-refractivity contribution in [3.8, 4) is 0 Å². The zero-order valence-electron chi connectivity index (χ0n) is 21.6. The molecule has 0 aliphatic carbocycles. The Hall–Kier alpha value is -3.33. The molecule has 0 aromatic heterocycles. The van der Waals surface area contributed by atoms with Crippen molar-refractivity contribution >= 4 is 5.97 Å². The number of rotatable bonds is 16. The van der Waals surface area contributed by atoms with Crippen LogP contribution in [-0.2, 0) is 43.6 Å². The number of aliphatic hydroxyl groups excluding tert-OH is 2. The van der Waals surface area contributed by atoms with Gasteiger partial charge in [-0.15, -0.1) is 0 Å². The zero-order valence-corrected chi connectivity index (χ0v) is 21.6. The highest BCUT2D eigenvalue weighted by molar-refractivity contribution is 5.65. The standard InChI is InChI=1S/C31H36O7/c1-24(32)36-19-11-18-28(33)30(37-21-26-14-7-3-8-15-26)31(38-22-27-16-9-4-10-17-27)29(34)23-35-20-25-12-5-2-6-13-25/h2-18,28-31,33-34H,19-23H2,1H3/b18-11+/t28-,29?,30+,31-/m0/s1. The minimum absolute atomic E-state index is 0.01000. The fourth-order valence-corrected chi connectivity index (χ4v) is 3.78. The number of ether oxygens (including phenoxy) is 4. The van der Waals surface area contributed by atoms with Gasteiger partial charge < -0.3 is 29.2 Å². The van der Waals surface area contributed by atoms with E-state index < -0.39 is 30.4 Å². The van der Waals surface area contributed by atoms with Crippen molar-refractivity contribution in [2.24, 2.45) is 0 Å². The summed E-state index contributed by atoms with van der Waals surface area (Å²) in [7, 11) is 0. The van der Waals surface area contributed by atoms with E-state index in [9.17, 15) is 15.0 Å². The van der Waals surface area contributed by atoms with Crippen LogP contribution >= 0.6 is 0 Å². The Labute approximate surface area is 224 Å². The lowest BCUT2D eigenvalue weighted by atomic mass is 10.0. The molecular formula is C31H36O7. The van der Waals surface area contributed by atoms with Crippen LogP contribution in [0.25, 0.3) is 0 Å². The Balaban J connectivity index is 1.76. The molecular weight excluding hydrogens is 484 g/mol. The van der Waals surface area contributed by atoms with Crippen LogP contribution in [-0.4, -0.2) is 53.8 Å². The van der Waals surface area contributed by atoms with Crippen molar-refractivity contribution in [2.75, 3.05) is 13.2 Å². The van der Waals surface area contributed by atoms with E-state index in [0.29, 0.717) is 6.61 Å². The van der Waals surface area contributed by atoms with Crippen molar-refractivity contribution in [3.05, 3.63) is 120 Å². The van der Waals surface area contributed by atoms with Crippen LogP contribution in [0.1, 0.15) is 23.6 Å². The number of carbonyl (C=O) groups excluding carboxylic acids is 1. The summed E-state index contributed by atoms with van der Waals surface area (Å²) in [5, 5.41) is 22.3. The topological polar surface area (TPSA) is 94.5 Å². The molecule has 3 rings (SSSR count). The van der Waals surface area contributed by atoms with Gasteiger partial charge in [0.05, 0.1) is 26.4 Å². The lowest BCUT2D eigenvalue weighted by molar-refractivity contribution is -0.168. The first kappa shape index (κ1) is 29.2. The molecule has 0 aliphatic rings. The van der Waals surface area contributed by atoms with E-state index in [1.165, 1.54) is 19.1 Å². The fraction of sp³-hybridized carbons (Fsp3) is 0.323. The van der Waals surface area contributed by atoms with Crippen molar-refractivity contribution in [3.63, 3.8) is 0 Å². The summed E-state index contributed by atoms with van der Waals surface area (Å²) in [6, 6.07) is 28.8. The lowest BCUT2D eigenvalue weighted by Gasteiger charge is -2.33. The van der Waals surface area contributed by atoms with Gasteiger partial charge in [-0.3, -0.25) is 4.79 Å². The van der Waals surface area contributed by atoms with Crippen LogP contribution in [0.15, 0.2) is 103 Å². The van der Waals surface area contributed by atoms with Gasteiger partial charge in [0.25, 0.3) is 0 Å². The van der Waals surface area contributed by atoms with Crippen molar-refractivity contribution in [1.82, 2.24) is 0 Å². The molecule has 202 valence electrons. The van der Waals surface area contributed by atoms with E-state index in [0.717, 1.165) is 16.7 Å². The van der Waals surface area contributed by atoms with Crippen LogP contribution in [0.5, 0.6) is 0 Å². The van der Waals surface area contributed by atoms with E-state index >= 15 is 0 Å². The Morgan fingerprint density at radius 3 is 1.71 bits per heavy atom. The molecule has 3 aromatic carbocycles. The summed E-state index contributed by atoms with van der Waals surface area (Å²) >= 11 is 0. The van der Waals surface area contributed by atoms with Crippen LogP contribution < -0.4 is 0 Å². The molecule has 0 fully saturated rings. The number of hydrogen-bond donors (Lipinski definition) is 2. The normalized spacial score (nSPS) is 14.6. The summed E-state index contributed by atoms with van der Waals surface area (Å²) < 4.78 is 23.1. The molecule has 4 atom stereocenters. The predicted molar refractivity (Wildman–Crippen MR) is 144 cm³/mol. The molecule has 0 radical (unpaired) electrons. The Morgan fingerprint density at radius 1 is 0.737 bits per heavy atom. The fourth-order valence-electron chi connectivity index (χ4n) is 3.78. The van der Waals surface area contributed by atoms with E-state index in [2.05, 4.69) is 0 Å². The molecule has 0 spiro atoms. The van der Waals surface area contributed by atoms with E-state index in [-0.39, 0.29) is 26.4 Å². The van der Waals surface area contributed by atoms with Crippen LogP contribution in [0.2, 0.25) is 0 Å². The average molecular weight is 521 g/mol. The van der Waals surface area contributed by atoms with Gasteiger partial charge in [-0.05, 0) is 22.8 Å². The molecule has 0 saturated carbocycles. The highest BCUT2D eigenvalue weighted by Crippen LogP contribution is 2.19. The van der Waals surface area contributed by atoms with Gasteiger partial charge in [0, 0.05) is 6.92 Å². The predicted octanol–water partition coefficient (Wildman–Crippen LogP) is 4.22. The average Bonchev–Trinajstić information content (AvgIpc) is 2.94. The monoisotopic (exact) mass is 520 g/mol. The first-order valence-corrected chi connectivity index (χ1v) is 12.6. The molecule has 0 saturated heterocycles. The zero-order chi connectivity index (χ0) is 27.0. The van der Waals surface area contributed by atoms with E-state index in [4.69, 9.17) is 18.9 Å². The third-order valence-corrected chi connectivity index (χ3v) is 5.73. The van der Waals surface area contributed by atoms with Crippen molar-refractivity contribution < 1.29 is 34.0 Å². The van der Waals surface area contributed by atoms with Gasteiger partial charge in [-0.2, -0.15) is 0 Å². The quantitative estimate of drug-likeness (QED) is 0.216. The van der Waals surface area contributed by atoms with Gasteiger partial charge in [-0.1, -0.05) is 97.1 Å². The Bertz CT molecular complexity index is 1070. The molecule has 0 aliphatic heterocycles. The molecule has 1 unspecified atom stereocenters. The van der Waals surface area contributed by atoms with Gasteiger partial charge in [0.2, 0.25) is 0 Å². The maximum absolute atomic E-state index is 11.2. The smallest absolute Gasteiger partial charge is 0.302 e. The SMILES string of the molecule is CC(=O)OC/C=C/[C@H](O)[C@@H](OCc1ccccc1)[C@@H](OCc1ccccc1)C(O)COCc1ccccc1. The number of benzene rings is 3. The van der Waals surface area contributed by atoms with Gasteiger partial charge in [0.1, 0.15) is 31.0 Å². The summed E-state index contributed by atoms with van der Waals surface area (Å²) in [4.78, 5) is 11.1. The van der Waals surface area contributed by atoms with Gasteiger partial charge in [0.15, 0.2) is 0 Å². The van der Waals surface area contributed by atoms with Crippen molar-refractivity contribution in [2.45, 2.75) is 51.2 Å². The molecule has 0 amide bonds. The molecule has 38 heavy (non-hydrogen) atoms. The van der Waals surface area contributed by atoms with Crippen LogP contribution in [0, 0.1) is 0 Å². The Morgan fingerprint density at radius 2 is 1.21 bits per heavy atom. The number of hydrogen-bond acceptors (Lipinski definition) is 7. The first-order chi connectivity index (χ1) is 18.5. The molecule has 7 nitrogen and oxygen atoms in total. The van der Waals surface area contributed by atoms with E-state index in [1.807, 2.05) is 91.0 Å². The maximum atomic E-state index is 11.2. The second-order valence-electron chi connectivity index (χ2n) is 8.81. The molecule has 3 aromatic rings. The highest BCUT2D eigenvalue weighted by Gasteiger charge is 2.35. The first-order valence-electron chi connectivity index (χ1n) is 12.6. The molecule has 0 heterocycles. The number of aliphatic hydroxyl groups is 2. The van der Waals surface area contributed by atoms with Gasteiger partial charge in [-0.25, -0.2) is 0 Å². The summed E-state index contributed by atoms with van der Waals surface area (Å²) in [6.07, 6.45) is -1.10. The number of carbonyl (C=O) groups is 1. The minimum atomic E-state index is -1.15. The summed E-state index contributed by atoms with van der Waals surface area (Å²) in [6.45, 7) is 2.03. The largest absolute Gasteiger partial charge is 0.462 e. The maximum Gasteiger partial charge on any atom is 0.302 e. The third-order valence-electron chi connectivity index (χ3n) is 5.73. The van der Waals surface area contributed by atoms with Crippen LogP contribution in [0.4, 0.5) is 0 Å². The summed E-state index contributed by atoms with van der Waals surface area (Å²) in [5.74, 6) is -0.420. The lowest BCUT2D eigenvalue weighted by Crippen LogP contribution is -2.48. The van der Waals surface area contributed by atoms with E-state index in [1.54, 1.807) is 0 Å². The van der Waals surface area contributed by atoms with Gasteiger partial charge >= 0.3 is 5.97 Å². The molecule has 2 N–H and O–H groups in total. The minimum Gasteiger partial charge on any atom is -0.462 e. The molecule has 7 heteroatoms. The second kappa shape index (κ2) is 16.5.